The summed E-state index contributed by atoms with van der Waals surface area (Å²) < 4.78 is 12.9. The quantitative estimate of drug-likeness (QED) is 0.532. The van der Waals surface area contributed by atoms with Crippen LogP contribution < -0.4 is 20.1 Å². The Hall–Kier alpha value is -3.26. The molecule has 0 atom stereocenters. The maximum absolute atomic E-state index is 13.0. The number of rotatable bonds is 9. The van der Waals surface area contributed by atoms with Crippen molar-refractivity contribution >= 4 is 23.2 Å². The van der Waals surface area contributed by atoms with Crippen molar-refractivity contribution in [2.75, 3.05) is 20.3 Å². The average Bonchev–Trinajstić information content (AvgIpc) is 3.39. The van der Waals surface area contributed by atoms with Crippen LogP contribution >= 0.6 is 11.3 Å². The van der Waals surface area contributed by atoms with Gasteiger partial charge in [-0.3, -0.25) is 9.59 Å². The Morgan fingerprint density at radius 1 is 1.10 bits per heavy atom. The first kappa shape index (κ1) is 22.4. The van der Waals surface area contributed by atoms with E-state index in [1.807, 2.05) is 55.9 Å². The number of carbonyl (C=O) groups is 2. The van der Waals surface area contributed by atoms with Crippen molar-refractivity contribution in [2.45, 2.75) is 27.3 Å². The van der Waals surface area contributed by atoms with Crippen LogP contribution in [-0.4, -0.2) is 36.6 Å². The average molecular weight is 442 g/mol. The summed E-state index contributed by atoms with van der Waals surface area (Å²) in [5, 5.41) is 6.59. The van der Waals surface area contributed by atoms with Gasteiger partial charge in [0.05, 0.1) is 12.7 Å². The molecule has 3 rings (SSSR count). The summed E-state index contributed by atoms with van der Waals surface area (Å²) in [7, 11) is 1.54. The summed E-state index contributed by atoms with van der Waals surface area (Å²) in [5.74, 6) is 0.663. The molecule has 0 spiro atoms. The largest absolute Gasteiger partial charge is 0.493 e. The molecule has 2 amide bonds. The normalized spacial score (nSPS) is 10.6. The van der Waals surface area contributed by atoms with Gasteiger partial charge >= 0.3 is 0 Å². The van der Waals surface area contributed by atoms with Gasteiger partial charge in [-0.15, -0.1) is 11.3 Å². The number of thiophene rings is 1. The Kier molecular flexibility index (Phi) is 7.36. The van der Waals surface area contributed by atoms with Crippen molar-refractivity contribution in [2.24, 2.45) is 0 Å². The molecule has 31 heavy (non-hydrogen) atoms. The summed E-state index contributed by atoms with van der Waals surface area (Å²) in [6.45, 7) is 6.64. The van der Waals surface area contributed by atoms with E-state index in [1.54, 1.807) is 23.5 Å². The zero-order chi connectivity index (χ0) is 22.4. The first-order valence-electron chi connectivity index (χ1n) is 10.0. The third-order valence-corrected chi connectivity index (χ3v) is 6.07. The second-order valence-corrected chi connectivity index (χ2v) is 8.17. The Morgan fingerprint density at radius 3 is 2.52 bits per heavy atom. The van der Waals surface area contributed by atoms with Gasteiger partial charge in [-0.2, -0.15) is 0 Å². The molecule has 2 heterocycles. The number of benzene rings is 1. The van der Waals surface area contributed by atoms with Crippen molar-refractivity contribution in [1.29, 1.82) is 0 Å². The second-order valence-electron chi connectivity index (χ2n) is 6.96. The van der Waals surface area contributed by atoms with E-state index in [1.165, 1.54) is 7.11 Å². The predicted octanol–water partition coefficient (Wildman–Crippen LogP) is 3.61. The molecule has 0 radical (unpaired) electrons. The zero-order valence-electron chi connectivity index (χ0n) is 18.2. The van der Waals surface area contributed by atoms with Gasteiger partial charge < -0.3 is 24.7 Å². The van der Waals surface area contributed by atoms with Gasteiger partial charge in [-0.1, -0.05) is 6.07 Å². The monoisotopic (exact) mass is 441 g/mol. The van der Waals surface area contributed by atoms with Crippen LogP contribution in [0.15, 0.2) is 42.7 Å². The Labute approximate surface area is 186 Å². The lowest BCUT2D eigenvalue weighted by Crippen LogP contribution is -2.28. The SMILES string of the molecule is CCNC(=O)COc1ccc(CNC(=O)c2c(-n3cccc3)sc(C)c2C)cc1OC. The fourth-order valence-corrected chi connectivity index (χ4v) is 4.25. The van der Waals surface area contributed by atoms with E-state index < -0.39 is 0 Å². The van der Waals surface area contributed by atoms with E-state index >= 15 is 0 Å². The maximum Gasteiger partial charge on any atom is 0.257 e. The molecule has 0 aliphatic heterocycles. The zero-order valence-corrected chi connectivity index (χ0v) is 19.0. The standard InChI is InChI=1S/C23H27N3O4S/c1-5-24-20(27)14-30-18-9-8-17(12-19(18)29-4)13-25-22(28)21-15(2)16(3)31-23(21)26-10-6-7-11-26/h6-12H,5,13-14H2,1-4H3,(H,24,27)(H,25,28). The van der Waals surface area contributed by atoms with Gasteiger partial charge in [0.1, 0.15) is 5.00 Å². The molecular weight excluding hydrogens is 414 g/mol. The van der Waals surface area contributed by atoms with Crippen LogP contribution in [0.4, 0.5) is 0 Å². The highest BCUT2D eigenvalue weighted by Gasteiger charge is 2.20. The first-order valence-corrected chi connectivity index (χ1v) is 10.8. The van der Waals surface area contributed by atoms with Crippen LogP contribution in [-0.2, 0) is 11.3 Å². The van der Waals surface area contributed by atoms with Gasteiger partial charge in [0.15, 0.2) is 18.1 Å². The maximum atomic E-state index is 13.0. The van der Waals surface area contributed by atoms with Gasteiger partial charge in [0.2, 0.25) is 0 Å². The second kappa shape index (κ2) is 10.2. The number of carbonyl (C=O) groups excluding carboxylic acids is 2. The Balaban J connectivity index is 1.70. The van der Waals surface area contributed by atoms with E-state index in [-0.39, 0.29) is 18.4 Å². The molecule has 0 fully saturated rings. The van der Waals surface area contributed by atoms with Crippen LogP contribution in [0.2, 0.25) is 0 Å². The summed E-state index contributed by atoms with van der Waals surface area (Å²) in [6.07, 6.45) is 3.87. The molecule has 0 unspecified atom stereocenters. The molecule has 0 aliphatic carbocycles. The topological polar surface area (TPSA) is 81.6 Å². The molecule has 3 aromatic rings. The van der Waals surface area contributed by atoms with Gasteiger partial charge in [0, 0.05) is 30.4 Å². The fraction of sp³-hybridized carbons (Fsp3) is 0.304. The van der Waals surface area contributed by atoms with Crippen LogP contribution in [0.5, 0.6) is 11.5 Å². The number of ether oxygens (including phenoxy) is 2. The van der Waals surface area contributed by atoms with Crippen LogP contribution in [0, 0.1) is 13.8 Å². The number of likely N-dealkylation sites (N-methyl/N-ethyl adjacent to an activating group) is 1. The summed E-state index contributed by atoms with van der Waals surface area (Å²) in [4.78, 5) is 25.7. The number of amides is 2. The van der Waals surface area contributed by atoms with Crippen molar-refractivity contribution in [1.82, 2.24) is 15.2 Å². The highest BCUT2D eigenvalue weighted by molar-refractivity contribution is 7.15. The molecule has 0 bridgehead atoms. The Morgan fingerprint density at radius 2 is 1.84 bits per heavy atom. The lowest BCUT2D eigenvalue weighted by atomic mass is 10.1. The molecular formula is C23H27N3O4S. The number of hydrogen-bond donors (Lipinski definition) is 2. The van der Waals surface area contributed by atoms with E-state index in [0.717, 1.165) is 21.0 Å². The van der Waals surface area contributed by atoms with Gasteiger partial charge in [0.25, 0.3) is 11.8 Å². The summed E-state index contributed by atoms with van der Waals surface area (Å²) in [5.41, 5.74) is 2.54. The molecule has 0 aliphatic rings. The smallest absolute Gasteiger partial charge is 0.257 e. The van der Waals surface area contributed by atoms with Crippen LogP contribution in [0.25, 0.3) is 5.00 Å². The van der Waals surface area contributed by atoms with E-state index in [0.29, 0.717) is 30.2 Å². The van der Waals surface area contributed by atoms with E-state index in [9.17, 15) is 9.59 Å². The molecule has 2 aromatic heterocycles. The molecule has 7 nitrogen and oxygen atoms in total. The highest BCUT2D eigenvalue weighted by atomic mass is 32.1. The first-order chi connectivity index (χ1) is 14.9. The molecule has 2 N–H and O–H groups in total. The fourth-order valence-electron chi connectivity index (χ4n) is 3.13. The minimum atomic E-state index is -0.194. The lowest BCUT2D eigenvalue weighted by Gasteiger charge is -2.13. The molecule has 1 aromatic carbocycles. The third kappa shape index (κ3) is 5.27. The van der Waals surface area contributed by atoms with Crippen molar-refractivity contribution in [3.05, 3.63) is 64.3 Å². The van der Waals surface area contributed by atoms with Crippen molar-refractivity contribution in [3.63, 3.8) is 0 Å². The third-order valence-electron chi connectivity index (χ3n) is 4.85. The Bertz CT molecular complexity index is 1060. The molecule has 164 valence electrons. The number of nitrogens with one attached hydrogen (secondary N) is 2. The van der Waals surface area contributed by atoms with E-state index in [4.69, 9.17) is 9.47 Å². The number of aromatic nitrogens is 1. The highest BCUT2D eigenvalue weighted by Crippen LogP contribution is 2.31. The summed E-state index contributed by atoms with van der Waals surface area (Å²) >= 11 is 1.60. The number of aryl methyl sites for hydroxylation is 1. The van der Waals surface area contributed by atoms with Gasteiger partial charge in [-0.25, -0.2) is 0 Å². The van der Waals surface area contributed by atoms with Gasteiger partial charge in [-0.05, 0) is 56.2 Å². The number of nitrogens with zero attached hydrogens (tertiary/aromatic N) is 1. The number of methoxy groups -OCH3 is 1. The van der Waals surface area contributed by atoms with Crippen molar-refractivity contribution < 1.29 is 19.1 Å². The minimum Gasteiger partial charge on any atom is -0.493 e. The summed E-state index contributed by atoms with van der Waals surface area (Å²) in [6, 6.07) is 9.26. The number of hydrogen-bond acceptors (Lipinski definition) is 5. The minimum absolute atomic E-state index is 0.0841. The van der Waals surface area contributed by atoms with Crippen LogP contribution in [0.1, 0.15) is 33.3 Å². The molecule has 8 heteroatoms. The lowest BCUT2D eigenvalue weighted by molar-refractivity contribution is -0.123. The van der Waals surface area contributed by atoms with Crippen LogP contribution in [0.3, 0.4) is 0 Å². The molecule has 0 saturated carbocycles. The van der Waals surface area contributed by atoms with E-state index in [2.05, 4.69) is 10.6 Å². The molecule has 0 saturated heterocycles. The van der Waals surface area contributed by atoms with Crippen molar-refractivity contribution in [3.8, 4) is 16.5 Å². The predicted molar refractivity (Wildman–Crippen MR) is 121 cm³/mol.